The van der Waals surface area contributed by atoms with Crippen LogP contribution in [-0.4, -0.2) is 68.7 Å². The summed E-state index contributed by atoms with van der Waals surface area (Å²) in [5, 5.41) is 19.4. The van der Waals surface area contributed by atoms with E-state index in [0.717, 1.165) is 0 Å². The lowest BCUT2D eigenvalue weighted by molar-refractivity contribution is -0.0488. The van der Waals surface area contributed by atoms with E-state index in [0.29, 0.717) is 17.0 Å². The molecule has 3 rings (SSSR count). The van der Waals surface area contributed by atoms with E-state index in [9.17, 15) is 10.2 Å². The molecule has 2 aromatic rings. The zero-order chi connectivity index (χ0) is 15.1. The predicted octanol–water partition coefficient (Wildman–Crippen LogP) is -1.53. The highest BCUT2D eigenvalue weighted by molar-refractivity contribution is 5.83. The van der Waals surface area contributed by atoms with Gasteiger partial charge >= 0.3 is 0 Å². The lowest BCUT2D eigenvalue weighted by atomic mass is 10.1. The smallest absolute Gasteiger partial charge is 0.167 e. The van der Waals surface area contributed by atoms with Crippen molar-refractivity contribution in [3.8, 4) is 0 Å². The first-order valence-electron chi connectivity index (χ1n) is 6.59. The van der Waals surface area contributed by atoms with Crippen LogP contribution in [0.5, 0.6) is 0 Å². The van der Waals surface area contributed by atoms with Crippen LogP contribution in [0.4, 0.5) is 5.82 Å². The molecule has 0 aliphatic carbocycles. The summed E-state index contributed by atoms with van der Waals surface area (Å²) in [6.07, 6.45) is 0.676. The maximum Gasteiger partial charge on any atom is 0.167 e. The van der Waals surface area contributed by atoms with E-state index in [-0.39, 0.29) is 6.61 Å². The Morgan fingerprint density at radius 2 is 2.14 bits per heavy atom. The molecule has 1 fully saturated rings. The zero-order valence-electron chi connectivity index (χ0n) is 11.8. The quantitative estimate of drug-likeness (QED) is 0.623. The van der Waals surface area contributed by atoms with Crippen molar-refractivity contribution in [2.45, 2.75) is 24.5 Å². The van der Waals surface area contributed by atoms with Crippen LogP contribution >= 0.6 is 0 Å². The highest BCUT2D eigenvalue weighted by Gasteiger charge is 2.42. The van der Waals surface area contributed by atoms with Gasteiger partial charge in [-0.15, -0.1) is 0 Å². The highest BCUT2D eigenvalue weighted by Crippen LogP contribution is 2.31. The molecule has 9 heteroatoms. The number of ether oxygens (including phenoxy) is 1. The van der Waals surface area contributed by atoms with Crippen molar-refractivity contribution < 1.29 is 14.9 Å². The van der Waals surface area contributed by atoms with Crippen LogP contribution in [0.2, 0.25) is 0 Å². The number of aliphatic hydroxyl groups excluding tert-OH is 2. The first kappa shape index (κ1) is 14.1. The van der Waals surface area contributed by atoms with Crippen molar-refractivity contribution in [2.75, 3.05) is 25.6 Å². The Bertz CT molecular complexity index is 645. The van der Waals surface area contributed by atoms with E-state index < -0.39 is 24.5 Å². The minimum Gasteiger partial charge on any atom is -0.394 e. The Morgan fingerprint density at radius 1 is 1.38 bits per heavy atom. The number of anilines is 1. The van der Waals surface area contributed by atoms with Gasteiger partial charge in [-0.3, -0.25) is 4.57 Å². The molecule has 0 radical (unpaired) electrons. The number of rotatable bonds is 3. The number of nitrogens with zero attached hydrogens (tertiary/aromatic N) is 5. The monoisotopic (exact) mass is 294 g/mol. The summed E-state index contributed by atoms with van der Waals surface area (Å²) in [6.45, 7) is -0.251. The van der Waals surface area contributed by atoms with Crippen LogP contribution in [0.15, 0.2) is 12.7 Å². The normalized spacial score (nSPS) is 29.2. The van der Waals surface area contributed by atoms with Crippen LogP contribution < -0.4 is 10.6 Å². The standard InChI is InChI=1S/C12H18N6O3/c1-17(2)10-8-11(15-4-14-10)18(5-16-8)12-9(20)7(13)6(3-19)21-12/h4-7,9,12,19-20H,3,13H2,1-2H3/t6-,7-,9-,12+/m1/s1. The topological polar surface area (TPSA) is 123 Å². The summed E-state index contributed by atoms with van der Waals surface area (Å²) in [6, 6.07) is -0.660. The minimum absolute atomic E-state index is 0.251. The molecule has 4 N–H and O–H groups in total. The Morgan fingerprint density at radius 3 is 2.76 bits per heavy atom. The summed E-state index contributed by atoms with van der Waals surface area (Å²) < 4.78 is 7.23. The van der Waals surface area contributed by atoms with Crippen LogP contribution in [0.25, 0.3) is 11.2 Å². The van der Waals surface area contributed by atoms with Crippen LogP contribution in [-0.2, 0) is 4.74 Å². The predicted molar refractivity (Wildman–Crippen MR) is 74.6 cm³/mol. The van der Waals surface area contributed by atoms with E-state index in [1.807, 2.05) is 19.0 Å². The molecule has 0 unspecified atom stereocenters. The molecule has 0 saturated carbocycles. The third-order valence-corrected chi connectivity index (χ3v) is 3.65. The average Bonchev–Trinajstić information content (AvgIpc) is 3.01. The summed E-state index contributed by atoms with van der Waals surface area (Å²) >= 11 is 0. The lowest BCUT2D eigenvalue weighted by Gasteiger charge is -2.17. The Labute approximate surface area is 121 Å². The fourth-order valence-corrected chi connectivity index (χ4v) is 2.51. The molecule has 3 heterocycles. The molecule has 21 heavy (non-hydrogen) atoms. The zero-order valence-corrected chi connectivity index (χ0v) is 11.8. The van der Waals surface area contributed by atoms with Gasteiger partial charge in [-0.2, -0.15) is 0 Å². The van der Waals surface area contributed by atoms with E-state index in [2.05, 4.69) is 15.0 Å². The lowest BCUT2D eigenvalue weighted by Crippen LogP contribution is -2.41. The number of aromatic nitrogens is 4. The van der Waals surface area contributed by atoms with Crippen LogP contribution in [0.1, 0.15) is 6.23 Å². The number of fused-ring (bicyclic) bond motifs is 1. The largest absolute Gasteiger partial charge is 0.394 e. The molecule has 1 aliphatic rings. The van der Waals surface area contributed by atoms with Crippen molar-refractivity contribution in [1.29, 1.82) is 0 Å². The molecular weight excluding hydrogens is 276 g/mol. The Hall–Kier alpha value is -1.81. The second kappa shape index (κ2) is 5.19. The second-order valence-corrected chi connectivity index (χ2v) is 5.23. The third-order valence-electron chi connectivity index (χ3n) is 3.65. The summed E-state index contributed by atoms with van der Waals surface area (Å²) in [7, 11) is 3.72. The van der Waals surface area contributed by atoms with Gasteiger partial charge in [-0.25, -0.2) is 15.0 Å². The van der Waals surface area contributed by atoms with Gasteiger partial charge in [0.05, 0.1) is 19.0 Å². The molecule has 9 nitrogen and oxygen atoms in total. The van der Waals surface area contributed by atoms with E-state index in [4.69, 9.17) is 10.5 Å². The highest BCUT2D eigenvalue weighted by atomic mass is 16.5. The molecule has 114 valence electrons. The van der Waals surface area contributed by atoms with Gasteiger partial charge < -0.3 is 25.6 Å². The van der Waals surface area contributed by atoms with Crippen molar-refractivity contribution >= 4 is 17.0 Å². The first-order valence-corrected chi connectivity index (χ1v) is 6.59. The molecule has 2 aromatic heterocycles. The third kappa shape index (κ3) is 2.14. The molecule has 0 aromatic carbocycles. The van der Waals surface area contributed by atoms with E-state index in [1.54, 1.807) is 4.57 Å². The van der Waals surface area contributed by atoms with Gasteiger partial charge in [0.1, 0.15) is 18.5 Å². The van der Waals surface area contributed by atoms with Gasteiger partial charge in [0.15, 0.2) is 23.2 Å². The number of hydrogen-bond donors (Lipinski definition) is 3. The van der Waals surface area contributed by atoms with E-state index in [1.165, 1.54) is 12.7 Å². The number of hydrogen-bond acceptors (Lipinski definition) is 8. The number of aliphatic hydroxyl groups is 2. The molecule has 4 atom stereocenters. The molecule has 0 spiro atoms. The van der Waals surface area contributed by atoms with Crippen molar-refractivity contribution in [3.63, 3.8) is 0 Å². The molecule has 1 aliphatic heterocycles. The molecule has 1 saturated heterocycles. The summed E-state index contributed by atoms with van der Waals surface area (Å²) in [5.41, 5.74) is 7.00. The number of nitrogens with two attached hydrogens (primary N) is 1. The van der Waals surface area contributed by atoms with Crippen LogP contribution in [0.3, 0.4) is 0 Å². The van der Waals surface area contributed by atoms with Crippen molar-refractivity contribution in [1.82, 2.24) is 19.5 Å². The molecule has 0 bridgehead atoms. The average molecular weight is 294 g/mol. The first-order chi connectivity index (χ1) is 10.0. The fraction of sp³-hybridized carbons (Fsp3) is 0.583. The Balaban J connectivity index is 2.04. The summed E-state index contributed by atoms with van der Waals surface area (Å²) in [5.74, 6) is 0.675. The maximum atomic E-state index is 10.2. The minimum atomic E-state index is -0.947. The van der Waals surface area contributed by atoms with Crippen molar-refractivity contribution in [2.24, 2.45) is 5.73 Å². The molecular formula is C12H18N6O3. The summed E-state index contributed by atoms with van der Waals surface area (Å²) in [4.78, 5) is 14.5. The van der Waals surface area contributed by atoms with Gasteiger partial charge in [0.25, 0.3) is 0 Å². The van der Waals surface area contributed by atoms with Crippen molar-refractivity contribution in [3.05, 3.63) is 12.7 Å². The fourth-order valence-electron chi connectivity index (χ4n) is 2.51. The Kier molecular flexibility index (Phi) is 3.49. The molecule has 0 amide bonds. The van der Waals surface area contributed by atoms with Gasteiger partial charge in [0.2, 0.25) is 0 Å². The number of imidazole rings is 1. The van der Waals surface area contributed by atoms with Crippen LogP contribution in [0, 0.1) is 0 Å². The van der Waals surface area contributed by atoms with Gasteiger partial charge in [0, 0.05) is 14.1 Å². The SMILES string of the molecule is CN(C)c1ncnc2c1ncn2[C@H]1O[C@H](CO)[C@@H](N)[C@H]1O. The van der Waals surface area contributed by atoms with Gasteiger partial charge in [-0.05, 0) is 0 Å². The second-order valence-electron chi connectivity index (χ2n) is 5.23. The van der Waals surface area contributed by atoms with E-state index >= 15 is 0 Å². The van der Waals surface area contributed by atoms with Gasteiger partial charge in [-0.1, -0.05) is 0 Å². The maximum absolute atomic E-state index is 10.2.